The number of nitrogens with zero attached hydrogens (tertiary/aromatic N) is 2. The fourth-order valence-electron chi connectivity index (χ4n) is 4.26. The van der Waals surface area contributed by atoms with E-state index in [1.807, 2.05) is 13.0 Å². The van der Waals surface area contributed by atoms with Crippen LogP contribution in [0.1, 0.15) is 40.5 Å². The zero-order chi connectivity index (χ0) is 23.7. The summed E-state index contributed by atoms with van der Waals surface area (Å²) in [6.45, 7) is 1.44. The summed E-state index contributed by atoms with van der Waals surface area (Å²) in [4.78, 5) is 53.1. The van der Waals surface area contributed by atoms with Gasteiger partial charge in [-0.3, -0.25) is 19.2 Å². The molecule has 0 radical (unpaired) electrons. The molecule has 0 N–H and O–H groups in total. The van der Waals surface area contributed by atoms with Crippen molar-refractivity contribution in [3.63, 3.8) is 0 Å². The normalized spacial score (nSPS) is 19.7. The molecule has 1 fully saturated rings. The quantitative estimate of drug-likeness (QED) is 0.366. The second kappa shape index (κ2) is 9.19. The van der Waals surface area contributed by atoms with Gasteiger partial charge in [0.1, 0.15) is 12.3 Å². The zero-order valence-electron chi connectivity index (χ0n) is 18.3. The van der Waals surface area contributed by atoms with E-state index < -0.39 is 41.9 Å². The predicted molar refractivity (Wildman–Crippen MR) is 122 cm³/mol. The van der Waals surface area contributed by atoms with Crippen molar-refractivity contribution in [2.45, 2.75) is 19.8 Å². The number of Topliss-reactive ketones (excluding diaryl/α,β-unsaturated/α-hetero) is 1. The minimum Gasteiger partial charge on any atom is -0.497 e. The molecule has 4 rings (SSSR count). The number of halogens is 1. The van der Waals surface area contributed by atoms with Gasteiger partial charge in [-0.1, -0.05) is 35.4 Å². The van der Waals surface area contributed by atoms with E-state index in [0.29, 0.717) is 29.2 Å². The van der Waals surface area contributed by atoms with Gasteiger partial charge in [-0.2, -0.15) is 5.01 Å². The van der Waals surface area contributed by atoms with Crippen LogP contribution in [0.2, 0.25) is 5.02 Å². The van der Waals surface area contributed by atoms with Crippen LogP contribution in [0.5, 0.6) is 5.75 Å². The largest absolute Gasteiger partial charge is 0.497 e. The number of allylic oxidation sites excluding steroid dienone is 2. The molecule has 2 aromatic rings. The SMILES string of the molecule is COc1cccc(C(=O)CN(C(=O)c2ccc(Cl)cc2)N2C(=O)[C@H]3CC=C(C)C[C@H]3C2=O)c1. The van der Waals surface area contributed by atoms with Crippen LogP contribution in [0, 0.1) is 11.8 Å². The Morgan fingerprint density at radius 2 is 1.76 bits per heavy atom. The number of imide groups is 1. The molecule has 170 valence electrons. The number of hydrazine groups is 1. The predicted octanol–water partition coefficient (Wildman–Crippen LogP) is 3.93. The molecule has 0 saturated carbocycles. The van der Waals surface area contributed by atoms with E-state index in [2.05, 4.69) is 0 Å². The molecule has 1 aliphatic heterocycles. The van der Waals surface area contributed by atoms with Crippen molar-refractivity contribution in [3.05, 3.63) is 76.3 Å². The maximum absolute atomic E-state index is 13.4. The average Bonchev–Trinajstić information content (AvgIpc) is 3.06. The minimum absolute atomic E-state index is 0.211. The van der Waals surface area contributed by atoms with Gasteiger partial charge in [-0.05, 0) is 56.2 Å². The lowest BCUT2D eigenvalue weighted by Crippen LogP contribution is -2.52. The molecule has 0 aromatic heterocycles. The summed E-state index contributed by atoms with van der Waals surface area (Å²) in [5, 5.41) is 2.27. The lowest BCUT2D eigenvalue weighted by molar-refractivity contribution is -0.154. The van der Waals surface area contributed by atoms with E-state index in [0.717, 1.165) is 15.6 Å². The zero-order valence-corrected chi connectivity index (χ0v) is 19.0. The Hall–Kier alpha value is -3.45. The Morgan fingerprint density at radius 3 is 2.45 bits per heavy atom. The average molecular weight is 467 g/mol. The number of ketones is 1. The summed E-state index contributed by atoms with van der Waals surface area (Å²) in [6, 6.07) is 12.6. The van der Waals surface area contributed by atoms with Crippen LogP contribution in [0.25, 0.3) is 0 Å². The topological polar surface area (TPSA) is 84.0 Å². The van der Waals surface area contributed by atoms with E-state index in [1.54, 1.807) is 24.3 Å². The second-order valence-electron chi connectivity index (χ2n) is 8.22. The summed E-state index contributed by atoms with van der Waals surface area (Å²) >= 11 is 5.94. The molecule has 2 aliphatic rings. The van der Waals surface area contributed by atoms with E-state index in [9.17, 15) is 19.2 Å². The number of methoxy groups -OCH3 is 1. The van der Waals surface area contributed by atoms with Gasteiger partial charge in [0.15, 0.2) is 5.78 Å². The number of fused-ring (bicyclic) bond motifs is 1. The maximum atomic E-state index is 13.4. The van der Waals surface area contributed by atoms with Crippen molar-refractivity contribution in [3.8, 4) is 5.75 Å². The Morgan fingerprint density at radius 1 is 1.06 bits per heavy atom. The number of rotatable bonds is 6. The summed E-state index contributed by atoms with van der Waals surface area (Å²) in [6.07, 6.45) is 2.84. The molecule has 1 saturated heterocycles. The highest BCUT2D eigenvalue weighted by Crippen LogP contribution is 2.38. The highest BCUT2D eigenvalue weighted by molar-refractivity contribution is 6.30. The van der Waals surface area contributed by atoms with Crippen LogP contribution >= 0.6 is 11.6 Å². The number of amides is 3. The molecule has 33 heavy (non-hydrogen) atoms. The molecule has 7 nitrogen and oxygen atoms in total. The van der Waals surface area contributed by atoms with Crippen LogP contribution in [-0.2, 0) is 9.59 Å². The van der Waals surface area contributed by atoms with E-state index in [4.69, 9.17) is 16.3 Å². The van der Waals surface area contributed by atoms with Crippen molar-refractivity contribution in [2.24, 2.45) is 11.8 Å². The molecular formula is C25H23ClN2O5. The summed E-state index contributed by atoms with van der Waals surface area (Å²) in [7, 11) is 1.49. The molecule has 0 bridgehead atoms. The molecular weight excluding hydrogens is 444 g/mol. The second-order valence-corrected chi connectivity index (χ2v) is 8.65. The van der Waals surface area contributed by atoms with Crippen LogP contribution in [0.3, 0.4) is 0 Å². The molecule has 0 unspecified atom stereocenters. The van der Waals surface area contributed by atoms with Crippen LogP contribution < -0.4 is 4.74 Å². The summed E-state index contributed by atoms with van der Waals surface area (Å²) < 4.78 is 5.18. The molecule has 3 amide bonds. The molecule has 1 heterocycles. The van der Waals surface area contributed by atoms with Gasteiger partial charge < -0.3 is 4.74 Å². The third-order valence-corrected chi connectivity index (χ3v) is 6.30. The smallest absolute Gasteiger partial charge is 0.273 e. The van der Waals surface area contributed by atoms with E-state index in [1.165, 1.54) is 31.4 Å². The molecule has 2 aromatic carbocycles. The Labute approximate surface area is 196 Å². The first kappa shape index (κ1) is 22.7. The van der Waals surface area contributed by atoms with Crippen molar-refractivity contribution in [2.75, 3.05) is 13.7 Å². The van der Waals surface area contributed by atoms with E-state index >= 15 is 0 Å². The number of benzene rings is 2. The number of carbonyl (C=O) groups excluding carboxylic acids is 4. The lowest BCUT2D eigenvalue weighted by Gasteiger charge is -2.30. The minimum atomic E-state index is -0.632. The molecule has 8 heteroatoms. The number of hydrogen-bond acceptors (Lipinski definition) is 5. The van der Waals surface area contributed by atoms with Crippen LogP contribution in [-0.4, -0.2) is 47.2 Å². The lowest BCUT2D eigenvalue weighted by atomic mass is 9.82. The van der Waals surface area contributed by atoms with Crippen molar-refractivity contribution < 1.29 is 23.9 Å². The first-order valence-corrected chi connectivity index (χ1v) is 11.0. The fraction of sp³-hybridized carbons (Fsp3) is 0.280. The number of hydrogen-bond donors (Lipinski definition) is 0. The maximum Gasteiger partial charge on any atom is 0.273 e. The van der Waals surface area contributed by atoms with Gasteiger partial charge >= 0.3 is 0 Å². The highest BCUT2D eigenvalue weighted by atomic mass is 35.5. The van der Waals surface area contributed by atoms with Crippen molar-refractivity contribution in [1.82, 2.24) is 10.0 Å². The fourth-order valence-corrected chi connectivity index (χ4v) is 4.38. The van der Waals surface area contributed by atoms with Gasteiger partial charge in [0.25, 0.3) is 17.7 Å². The number of carbonyl (C=O) groups is 4. The highest BCUT2D eigenvalue weighted by Gasteiger charge is 2.51. The monoisotopic (exact) mass is 466 g/mol. The van der Waals surface area contributed by atoms with Crippen molar-refractivity contribution in [1.29, 1.82) is 0 Å². The Bertz CT molecular complexity index is 1160. The Kier molecular flexibility index (Phi) is 6.33. The van der Waals surface area contributed by atoms with E-state index in [-0.39, 0.29) is 5.56 Å². The summed E-state index contributed by atoms with van der Waals surface area (Å²) in [5.74, 6) is -2.57. The summed E-state index contributed by atoms with van der Waals surface area (Å²) in [5.41, 5.74) is 1.54. The van der Waals surface area contributed by atoms with Gasteiger partial charge in [0.2, 0.25) is 0 Å². The van der Waals surface area contributed by atoms with Gasteiger partial charge in [0.05, 0.1) is 18.9 Å². The first-order chi connectivity index (χ1) is 15.8. The van der Waals surface area contributed by atoms with Crippen LogP contribution in [0.15, 0.2) is 60.2 Å². The van der Waals surface area contributed by atoms with Gasteiger partial charge in [0, 0.05) is 16.1 Å². The number of ether oxygens (including phenoxy) is 1. The third kappa shape index (κ3) is 4.41. The van der Waals surface area contributed by atoms with Crippen molar-refractivity contribution >= 4 is 35.1 Å². The molecule has 1 aliphatic carbocycles. The Balaban J connectivity index is 1.69. The molecule has 0 spiro atoms. The third-order valence-electron chi connectivity index (χ3n) is 6.05. The van der Waals surface area contributed by atoms with Gasteiger partial charge in [-0.15, -0.1) is 0 Å². The van der Waals surface area contributed by atoms with Gasteiger partial charge in [-0.25, -0.2) is 5.01 Å². The van der Waals surface area contributed by atoms with Crippen LogP contribution in [0.4, 0.5) is 0 Å². The first-order valence-electron chi connectivity index (χ1n) is 10.6. The molecule has 2 atom stereocenters. The standard InChI is InChI=1S/C25H23ClN2O5/c1-15-6-11-20-21(12-15)25(32)28(24(20)31)27(23(30)16-7-9-18(26)10-8-16)14-22(29)17-4-3-5-19(13-17)33-2/h3-10,13,20-21H,11-12,14H2,1-2H3/t20-,21+/m0/s1.